The molecule has 1 aliphatic rings. The molecule has 21 heavy (non-hydrogen) atoms. The number of hydrogen-bond acceptors (Lipinski definition) is 2. The van der Waals surface area contributed by atoms with Gasteiger partial charge in [-0.1, -0.05) is 44.2 Å². The number of benzene rings is 1. The van der Waals surface area contributed by atoms with E-state index < -0.39 is 12.6 Å². The highest BCUT2D eigenvalue weighted by molar-refractivity contribution is 6.00. The Labute approximate surface area is 123 Å². The first-order valence-electron chi connectivity index (χ1n) is 6.96. The van der Waals surface area contributed by atoms with E-state index in [1.165, 1.54) is 0 Å². The number of nitrogens with one attached hydrogen (secondary N) is 1. The van der Waals surface area contributed by atoms with Gasteiger partial charge in [0.15, 0.2) is 6.67 Å². The average molecular weight is 290 g/mol. The first-order chi connectivity index (χ1) is 10.0. The molecule has 1 aromatic carbocycles. The molecule has 5 heteroatoms. The summed E-state index contributed by atoms with van der Waals surface area (Å²) in [5.74, 6) is -0.767. The molecule has 112 valence electrons. The van der Waals surface area contributed by atoms with Gasteiger partial charge < -0.3 is 10.2 Å². The molecule has 0 bridgehead atoms. The molecule has 0 spiro atoms. The summed E-state index contributed by atoms with van der Waals surface area (Å²) in [6, 6.07) is 9.35. The number of halogens is 1. The Morgan fingerprint density at radius 3 is 2.57 bits per heavy atom. The van der Waals surface area contributed by atoms with Gasteiger partial charge in [0, 0.05) is 6.54 Å². The second-order valence-corrected chi connectivity index (χ2v) is 5.47. The number of carbonyl (C=O) groups is 2. The summed E-state index contributed by atoms with van der Waals surface area (Å²) in [7, 11) is 0. The first-order valence-corrected chi connectivity index (χ1v) is 6.96. The van der Waals surface area contributed by atoms with Gasteiger partial charge in [-0.25, -0.2) is 4.39 Å². The van der Waals surface area contributed by atoms with E-state index in [2.05, 4.69) is 5.32 Å². The second kappa shape index (κ2) is 6.52. The van der Waals surface area contributed by atoms with E-state index in [9.17, 15) is 14.0 Å². The Hall–Kier alpha value is -2.17. The molecule has 1 aromatic rings. The van der Waals surface area contributed by atoms with Crippen LogP contribution in [0.15, 0.2) is 42.1 Å². The lowest BCUT2D eigenvalue weighted by Gasteiger charge is -2.26. The smallest absolute Gasteiger partial charge is 0.270 e. The minimum Gasteiger partial charge on any atom is -0.327 e. The summed E-state index contributed by atoms with van der Waals surface area (Å²) in [6.07, 6.45) is 1.69. The molecule has 2 rings (SSSR count). The van der Waals surface area contributed by atoms with Crippen molar-refractivity contribution in [1.29, 1.82) is 0 Å². The fourth-order valence-corrected chi connectivity index (χ4v) is 2.40. The molecule has 0 saturated heterocycles. The molecule has 0 radical (unpaired) electrons. The largest absolute Gasteiger partial charge is 0.327 e. The van der Waals surface area contributed by atoms with E-state index in [4.69, 9.17) is 0 Å². The number of rotatable bonds is 5. The summed E-state index contributed by atoms with van der Waals surface area (Å²) >= 11 is 0. The van der Waals surface area contributed by atoms with Crippen LogP contribution in [0.25, 0.3) is 0 Å². The van der Waals surface area contributed by atoms with Gasteiger partial charge in [-0.2, -0.15) is 0 Å². The van der Waals surface area contributed by atoms with Crippen LogP contribution in [0.5, 0.6) is 0 Å². The second-order valence-electron chi connectivity index (χ2n) is 5.47. The zero-order chi connectivity index (χ0) is 15.4. The quantitative estimate of drug-likeness (QED) is 0.903. The Morgan fingerprint density at radius 1 is 1.33 bits per heavy atom. The van der Waals surface area contributed by atoms with Gasteiger partial charge in [-0.05, 0) is 17.6 Å². The van der Waals surface area contributed by atoms with E-state index in [0.717, 1.165) is 5.56 Å². The van der Waals surface area contributed by atoms with Crippen molar-refractivity contribution in [3.05, 3.63) is 47.7 Å². The van der Waals surface area contributed by atoms with E-state index in [-0.39, 0.29) is 17.6 Å². The van der Waals surface area contributed by atoms with Crippen molar-refractivity contribution >= 4 is 11.8 Å². The fourth-order valence-electron chi connectivity index (χ4n) is 2.40. The molecule has 0 aliphatic carbocycles. The van der Waals surface area contributed by atoms with Crippen molar-refractivity contribution in [2.45, 2.75) is 19.9 Å². The van der Waals surface area contributed by atoms with Gasteiger partial charge in [-0.15, -0.1) is 0 Å². The fraction of sp³-hybridized carbons (Fsp3) is 0.375. The van der Waals surface area contributed by atoms with Crippen LogP contribution < -0.4 is 5.32 Å². The number of amides is 2. The molecular formula is C16H19FN2O2. The van der Waals surface area contributed by atoms with Gasteiger partial charge in [0.05, 0.1) is 6.04 Å². The maximum atomic E-state index is 12.4. The topological polar surface area (TPSA) is 49.4 Å². The van der Waals surface area contributed by atoms with E-state index >= 15 is 0 Å². The lowest BCUT2D eigenvalue weighted by Crippen LogP contribution is -2.36. The summed E-state index contributed by atoms with van der Waals surface area (Å²) in [4.78, 5) is 25.3. The maximum absolute atomic E-state index is 12.4. The first kappa shape index (κ1) is 15.2. The molecule has 1 aliphatic heterocycles. The van der Waals surface area contributed by atoms with Crippen molar-refractivity contribution < 1.29 is 14.0 Å². The Balaban J connectivity index is 2.29. The summed E-state index contributed by atoms with van der Waals surface area (Å²) in [5.41, 5.74) is 1.13. The van der Waals surface area contributed by atoms with Crippen molar-refractivity contribution in [3.63, 3.8) is 0 Å². The van der Waals surface area contributed by atoms with Crippen LogP contribution in [0.3, 0.4) is 0 Å². The van der Waals surface area contributed by atoms with Gasteiger partial charge in [0.2, 0.25) is 0 Å². The lowest BCUT2D eigenvalue weighted by molar-refractivity contribution is -0.130. The molecule has 1 heterocycles. The zero-order valence-corrected chi connectivity index (χ0v) is 12.2. The van der Waals surface area contributed by atoms with E-state index in [1.807, 2.05) is 44.2 Å². The molecule has 4 nitrogen and oxygen atoms in total. The molecule has 0 aromatic heterocycles. The van der Waals surface area contributed by atoms with Crippen molar-refractivity contribution in [2.75, 3.05) is 13.2 Å². The van der Waals surface area contributed by atoms with Crippen LogP contribution in [-0.4, -0.2) is 29.9 Å². The minimum absolute atomic E-state index is 0.159. The Bertz CT molecular complexity index is 555. The third kappa shape index (κ3) is 3.48. The van der Waals surface area contributed by atoms with Crippen LogP contribution >= 0.6 is 0 Å². The van der Waals surface area contributed by atoms with Crippen LogP contribution in [0.1, 0.15) is 25.5 Å². The van der Waals surface area contributed by atoms with Crippen molar-refractivity contribution in [2.24, 2.45) is 5.92 Å². The summed E-state index contributed by atoms with van der Waals surface area (Å²) < 4.78 is 12.3. The standard InChI is InChI=1S/C16H19FN2O2/c1-11(2)10-19-14(12-6-4-3-5-7-12)8-13(16(19)21)18-15(20)9-17/h3-8,11,14H,9-10H2,1-2H3,(H,18,20). The zero-order valence-electron chi connectivity index (χ0n) is 12.2. The molecular weight excluding hydrogens is 271 g/mol. The van der Waals surface area contributed by atoms with E-state index in [0.29, 0.717) is 12.5 Å². The predicted molar refractivity (Wildman–Crippen MR) is 77.9 cm³/mol. The maximum Gasteiger partial charge on any atom is 0.270 e. The number of carbonyl (C=O) groups excluding carboxylic acids is 2. The van der Waals surface area contributed by atoms with Gasteiger partial charge in [0.1, 0.15) is 5.70 Å². The SMILES string of the molecule is CC(C)CN1C(=O)C(NC(=O)CF)=CC1c1ccccc1. The highest BCUT2D eigenvalue weighted by atomic mass is 19.1. The van der Waals surface area contributed by atoms with E-state index in [1.54, 1.807) is 11.0 Å². The van der Waals surface area contributed by atoms with Gasteiger partial charge >= 0.3 is 0 Å². The molecule has 1 unspecified atom stereocenters. The monoisotopic (exact) mass is 290 g/mol. The average Bonchev–Trinajstić information content (AvgIpc) is 2.77. The van der Waals surface area contributed by atoms with Crippen molar-refractivity contribution in [3.8, 4) is 0 Å². The molecule has 1 N–H and O–H groups in total. The third-order valence-corrected chi connectivity index (χ3v) is 3.25. The number of hydrogen-bond donors (Lipinski definition) is 1. The highest BCUT2D eigenvalue weighted by Crippen LogP contribution is 2.30. The lowest BCUT2D eigenvalue weighted by atomic mass is 10.1. The highest BCUT2D eigenvalue weighted by Gasteiger charge is 2.34. The minimum atomic E-state index is -1.13. The van der Waals surface area contributed by atoms with Crippen molar-refractivity contribution in [1.82, 2.24) is 10.2 Å². The van der Waals surface area contributed by atoms with Crippen LogP contribution in [0.4, 0.5) is 4.39 Å². The molecule has 0 saturated carbocycles. The third-order valence-electron chi connectivity index (χ3n) is 3.25. The molecule has 0 fully saturated rings. The number of alkyl halides is 1. The summed E-state index contributed by atoms with van der Waals surface area (Å²) in [6.45, 7) is 3.48. The van der Waals surface area contributed by atoms with Gasteiger partial charge in [0.25, 0.3) is 11.8 Å². The Kier molecular flexibility index (Phi) is 4.73. The molecule has 2 amide bonds. The predicted octanol–water partition coefficient (Wildman–Crippen LogP) is 2.20. The Morgan fingerprint density at radius 2 is 2.00 bits per heavy atom. The normalized spacial score (nSPS) is 18.1. The van der Waals surface area contributed by atoms with Gasteiger partial charge in [-0.3, -0.25) is 9.59 Å². The van der Waals surface area contributed by atoms with Crippen LogP contribution in [0, 0.1) is 5.92 Å². The van der Waals surface area contributed by atoms with Crippen LogP contribution in [-0.2, 0) is 9.59 Å². The summed E-state index contributed by atoms with van der Waals surface area (Å²) in [5, 5.41) is 2.34. The van der Waals surface area contributed by atoms with Crippen LogP contribution in [0.2, 0.25) is 0 Å². The molecule has 1 atom stereocenters. The number of nitrogens with zero attached hydrogens (tertiary/aromatic N) is 1.